The van der Waals surface area contributed by atoms with Crippen LogP contribution in [0.25, 0.3) is 0 Å². The summed E-state index contributed by atoms with van der Waals surface area (Å²) >= 11 is 0. The number of benzene rings is 1. The summed E-state index contributed by atoms with van der Waals surface area (Å²) in [6.45, 7) is -3.09. The van der Waals surface area contributed by atoms with Crippen molar-refractivity contribution in [2.24, 2.45) is 5.73 Å². The zero-order chi connectivity index (χ0) is 13.9. The minimum atomic E-state index is -4.89. The predicted molar refractivity (Wildman–Crippen MR) is 52.1 cm³/mol. The minimum absolute atomic E-state index is 0.155. The molecule has 0 amide bonds. The van der Waals surface area contributed by atoms with E-state index in [1.54, 1.807) is 0 Å². The third-order valence-corrected chi connectivity index (χ3v) is 2.14. The Balaban J connectivity index is 2.89. The fourth-order valence-electron chi connectivity index (χ4n) is 1.28. The molecule has 0 radical (unpaired) electrons. The molecular weight excluding hydrogens is 261 g/mol. The van der Waals surface area contributed by atoms with E-state index in [0.717, 1.165) is 12.1 Å². The fraction of sp³-hybridized carbons (Fsp3) is 0.400. The van der Waals surface area contributed by atoms with Crippen LogP contribution in [0, 0.1) is 0 Å². The maximum Gasteiger partial charge on any atom is 0.416 e. The summed E-state index contributed by atoms with van der Waals surface area (Å²) in [5.41, 5.74) is 5.06. The molecule has 18 heavy (non-hydrogen) atoms. The van der Waals surface area contributed by atoms with E-state index in [1.165, 1.54) is 12.1 Å². The van der Waals surface area contributed by atoms with Crippen LogP contribution in [0.15, 0.2) is 24.3 Å². The number of hydrogen-bond acceptors (Lipinski definition) is 3. The van der Waals surface area contributed by atoms with Gasteiger partial charge in [-0.1, -0.05) is 12.1 Å². The van der Waals surface area contributed by atoms with Gasteiger partial charge in [0.1, 0.15) is 5.75 Å². The Hall–Kier alpha value is -1.41. The molecule has 0 bridgehead atoms. The fourth-order valence-corrected chi connectivity index (χ4v) is 1.28. The molecule has 1 aromatic rings. The molecule has 0 heterocycles. The van der Waals surface area contributed by atoms with E-state index < -0.39 is 24.9 Å². The van der Waals surface area contributed by atoms with Crippen molar-refractivity contribution in [2.45, 2.75) is 24.9 Å². The van der Waals surface area contributed by atoms with Gasteiger partial charge < -0.3 is 15.6 Å². The second-order valence-corrected chi connectivity index (χ2v) is 3.46. The van der Waals surface area contributed by atoms with E-state index in [-0.39, 0.29) is 11.3 Å². The summed E-state index contributed by atoms with van der Waals surface area (Å²) in [6, 6.07) is 2.67. The maximum atomic E-state index is 12.2. The molecule has 0 aliphatic carbocycles. The number of aliphatic hydroxyl groups is 1. The lowest BCUT2D eigenvalue weighted by Gasteiger charge is -2.22. The first kappa shape index (κ1) is 14.7. The van der Waals surface area contributed by atoms with E-state index >= 15 is 0 Å². The first-order valence-electron chi connectivity index (χ1n) is 4.77. The normalized spacial score (nSPS) is 15.6. The SMILES string of the molecule is N[C@H](c1cccc(OC(F)F)c1)[C@@H](O)C(F)(F)F. The van der Waals surface area contributed by atoms with Gasteiger partial charge in [-0.15, -0.1) is 0 Å². The van der Waals surface area contributed by atoms with Crippen LogP contribution < -0.4 is 10.5 Å². The smallest absolute Gasteiger partial charge is 0.416 e. The Kier molecular flexibility index (Phi) is 4.47. The highest BCUT2D eigenvalue weighted by atomic mass is 19.4. The number of nitrogens with two attached hydrogens (primary N) is 1. The third kappa shape index (κ3) is 3.81. The average molecular weight is 271 g/mol. The second kappa shape index (κ2) is 5.49. The van der Waals surface area contributed by atoms with E-state index in [9.17, 15) is 22.0 Å². The molecule has 3 nitrogen and oxygen atoms in total. The third-order valence-electron chi connectivity index (χ3n) is 2.14. The van der Waals surface area contributed by atoms with Crippen LogP contribution in [0.2, 0.25) is 0 Å². The molecule has 0 aliphatic heterocycles. The van der Waals surface area contributed by atoms with Gasteiger partial charge in [-0.05, 0) is 17.7 Å². The van der Waals surface area contributed by atoms with Crippen LogP contribution in [0.3, 0.4) is 0 Å². The van der Waals surface area contributed by atoms with Gasteiger partial charge in [-0.25, -0.2) is 0 Å². The average Bonchev–Trinajstić information content (AvgIpc) is 2.25. The molecule has 1 rings (SSSR count). The summed E-state index contributed by atoms with van der Waals surface area (Å²) in [6.07, 6.45) is -7.67. The van der Waals surface area contributed by atoms with Gasteiger partial charge in [-0.2, -0.15) is 22.0 Å². The van der Waals surface area contributed by atoms with Gasteiger partial charge in [0, 0.05) is 0 Å². The molecule has 3 N–H and O–H groups in total. The topological polar surface area (TPSA) is 55.5 Å². The standard InChI is InChI=1S/C10H10F5NO2/c11-9(12)18-6-3-1-2-5(4-6)7(16)8(17)10(13,14)15/h1-4,7-9,17H,16H2/t7-,8-/m1/s1. The highest BCUT2D eigenvalue weighted by molar-refractivity contribution is 5.31. The summed E-state index contributed by atoms with van der Waals surface area (Å²) in [5.74, 6) is -0.327. The molecule has 0 saturated heterocycles. The zero-order valence-corrected chi connectivity index (χ0v) is 8.86. The maximum absolute atomic E-state index is 12.2. The van der Waals surface area contributed by atoms with Crippen LogP contribution >= 0.6 is 0 Å². The van der Waals surface area contributed by atoms with Gasteiger partial charge in [0.25, 0.3) is 0 Å². The van der Waals surface area contributed by atoms with Gasteiger partial charge in [0.15, 0.2) is 6.10 Å². The quantitative estimate of drug-likeness (QED) is 0.825. The molecule has 0 unspecified atom stereocenters. The number of rotatable bonds is 4. The van der Waals surface area contributed by atoms with Crippen molar-refractivity contribution in [3.05, 3.63) is 29.8 Å². The molecule has 0 aliphatic rings. The molecule has 0 saturated carbocycles. The molecule has 2 atom stereocenters. The first-order valence-corrected chi connectivity index (χ1v) is 4.77. The van der Waals surface area contributed by atoms with Crippen LogP contribution in [0.5, 0.6) is 5.75 Å². The highest BCUT2D eigenvalue weighted by Gasteiger charge is 2.42. The van der Waals surface area contributed by atoms with Crippen LogP contribution in [0.4, 0.5) is 22.0 Å². The van der Waals surface area contributed by atoms with Crippen molar-refractivity contribution in [3.8, 4) is 5.75 Å². The van der Waals surface area contributed by atoms with Crippen molar-refractivity contribution < 1.29 is 31.8 Å². The molecule has 0 aromatic heterocycles. The van der Waals surface area contributed by atoms with Gasteiger partial charge in [0.2, 0.25) is 0 Å². The summed E-state index contributed by atoms with van der Waals surface area (Å²) in [4.78, 5) is 0. The number of aliphatic hydroxyl groups excluding tert-OH is 1. The second-order valence-electron chi connectivity index (χ2n) is 3.46. The predicted octanol–water partition coefficient (Wildman–Crippen LogP) is 2.21. The zero-order valence-electron chi connectivity index (χ0n) is 8.86. The van der Waals surface area contributed by atoms with Gasteiger partial charge in [-0.3, -0.25) is 0 Å². The molecule has 0 fully saturated rings. The number of halogens is 5. The van der Waals surface area contributed by atoms with E-state index in [0.29, 0.717) is 0 Å². The summed E-state index contributed by atoms with van der Waals surface area (Å²) in [5, 5.41) is 8.94. The van der Waals surface area contributed by atoms with Gasteiger partial charge >= 0.3 is 12.8 Å². The highest BCUT2D eigenvalue weighted by Crippen LogP contribution is 2.30. The van der Waals surface area contributed by atoms with Crippen molar-refractivity contribution in [2.75, 3.05) is 0 Å². The Morgan fingerprint density at radius 3 is 2.33 bits per heavy atom. The molecular formula is C10H10F5NO2. The lowest BCUT2D eigenvalue weighted by molar-refractivity contribution is -0.210. The van der Waals surface area contributed by atoms with E-state index in [4.69, 9.17) is 10.8 Å². The molecule has 102 valence electrons. The van der Waals surface area contributed by atoms with Crippen molar-refractivity contribution in [1.82, 2.24) is 0 Å². The van der Waals surface area contributed by atoms with Gasteiger partial charge in [0.05, 0.1) is 6.04 Å². The first-order chi connectivity index (χ1) is 8.21. The minimum Gasteiger partial charge on any atom is -0.435 e. The Bertz CT molecular complexity index is 396. The number of ether oxygens (including phenoxy) is 1. The van der Waals surface area contributed by atoms with Crippen LogP contribution in [-0.2, 0) is 0 Å². The van der Waals surface area contributed by atoms with Crippen LogP contribution in [0.1, 0.15) is 11.6 Å². The monoisotopic (exact) mass is 271 g/mol. The molecule has 0 spiro atoms. The summed E-state index contributed by atoms with van der Waals surface area (Å²) in [7, 11) is 0. The molecule has 1 aromatic carbocycles. The van der Waals surface area contributed by atoms with Crippen molar-refractivity contribution in [3.63, 3.8) is 0 Å². The lowest BCUT2D eigenvalue weighted by Crippen LogP contribution is -2.38. The molecule has 8 heteroatoms. The Morgan fingerprint density at radius 1 is 1.22 bits per heavy atom. The van der Waals surface area contributed by atoms with Crippen molar-refractivity contribution >= 4 is 0 Å². The van der Waals surface area contributed by atoms with E-state index in [1.807, 2.05) is 0 Å². The number of hydrogen-bond donors (Lipinski definition) is 2. The number of alkyl halides is 5. The lowest BCUT2D eigenvalue weighted by atomic mass is 10.0. The summed E-state index contributed by atoms with van der Waals surface area (Å²) < 4.78 is 64.5. The Morgan fingerprint density at radius 2 is 1.83 bits per heavy atom. The van der Waals surface area contributed by atoms with E-state index in [2.05, 4.69) is 4.74 Å². The Labute approximate surface area is 99.0 Å². The van der Waals surface area contributed by atoms with Crippen molar-refractivity contribution in [1.29, 1.82) is 0 Å². The van der Waals surface area contributed by atoms with Crippen LogP contribution in [-0.4, -0.2) is 24.0 Å². The largest absolute Gasteiger partial charge is 0.435 e.